The van der Waals surface area contributed by atoms with Crippen LogP contribution in [-0.4, -0.2) is 11.1 Å². The van der Waals surface area contributed by atoms with Crippen LogP contribution in [0.25, 0.3) is 0 Å². The van der Waals surface area contributed by atoms with Crippen LogP contribution < -0.4 is 4.74 Å². The smallest absolute Gasteiger partial charge is 0.349 e. The van der Waals surface area contributed by atoms with Crippen LogP contribution in [0.3, 0.4) is 0 Å². The van der Waals surface area contributed by atoms with E-state index in [1.54, 1.807) is 48.5 Å². The number of benzene rings is 2. The van der Waals surface area contributed by atoms with Crippen molar-refractivity contribution >= 4 is 17.6 Å². The van der Waals surface area contributed by atoms with Crippen LogP contribution in [-0.2, 0) is 4.79 Å². The molecule has 0 radical (unpaired) electrons. The summed E-state index contributed by atoms with van der Waals surface area (Å²) in [4.78, 5) is 11.2. The van der Waals surface area contributed by atoms with Gasteiger partial charge in [-0.05, 0) is 24.3 Å². The Labute approximate surface area is 110 Å². The number of carboxylic acids is 1. The lowest BCUT2D eigenvalue weighted by Gasteiger charge is -2.15. The van der Waals surface area contributed by atoms with Crippen molar-refractivity contribution < 1.29 is 14.6 Å². The Kier molecular flexibility index (Phi) is 3.85. The minimum atomic E-state index is -1.03. The molecule has 92 valence electrons. The van der Waals surface area contributed by atoms with Gasteiger partial charge in [-0.1, -0.05) is 41.9 Å². The highest BCUT2D eigenvalue weighted by Crippen LogP contribution is 2.23. The fourth-order valence-electron chi connectivity index (χ4n) is 1.54. The number of hydrogen-bond acceptors (Lipinski definition) is 2. The van der Waals surface area contributed by atoms with Gasteiger partial charge in [0.1, 0.15) is 5.75 Å². The first-order chi connectivity index (χ1) is 8.66. The van der Waals surface area contributed by atoms with E-state index in [1.807, 2.05) is 6.07 Å². The zero-order valence-electron chi connectivity index (χ0n) is 9.42. The third-order valence-corrected chi connectivity index (χ3v) is 2.65. The van der Waals surface area contributed by atoms with E-state index in [2.05, 4.69) is 0 Å². The van der Waals surface area contributed by atoms with Crippen LogP contribution in [0.2, 0.25) is 5.02 Å². The van der Waals surface area contributed by atoms with E-state index in [9.17, 15) is 9.90 Å². The molecule has 0 spiro atoms. The van der Waals surface area contributed by atoms with Gasteiger partial charge in [0, 0.05) is 10.6 Å². The summed E-state index contributed by atoms with van der Waals surface area (Å²) in [6.45, 7) is 0. The van der Waals surface area contributed by atoms with Crippen molar-refractivity contribution in [2.45, 2.75) is 6.10 Å². The zero-order chi connectivity index (χ0) is 13.0. The summed E-state index contributed by atoms with van der Waals surface area (Å²) < 4.78 is 5.46. The second-order valence-corrected chi connectivity index (χ2v) is 4.14. The number of rotatable bonds is 4. The monoisotopic (exact) mass is 262 g/mol. The molecule has 0 fully saturated rings. The van der Waals surface area contributed by atoms with E-state index >= 15 is 0 Å². The van der Waals surface area contributed by atoms with Crippen LogP contribution in [0.4, 0.5) is 0 Å². The molecule has 0 aliphatic rings. The minimum absolute atomic E-state index is 0.468. The van der Waals surface area contributed by atoms with Crippen LogP contribution in [0.5, 0.6) is 5.75 Å². The standard InChI is InChI=1S/C14H11ClO3/c15-11-6-8-12(9-7-11)18-13(14(16)17)10-4-2-1-3-5-10/h1-9,13H,(H,16,17)/t13-/m0/s1. The Hall–Kier alpha value is -2.00. The molecule has 0 aromatic heterocycles. The van der Waals surface area contributed by atoms with Crippen molar-refractivity contribution in [3.63, 3.8) is 0 Å². The molecule has 0 saturated carbocycles. The topological polar surface area (TPSA) is 46.5 Å². The van der Waals surface area contributed by atoms with Crippen molar-refractivity contribution in [3.05, 3.63) is 65.2 Å². The second-order valence-electron chi connectivity index (χ2n) is 3.70. The largest absolute Gasteiger partial charge is 0.478 e. The molecule has 0 aliphatic carbocycles. The molecule has 1 atom stereocenters. The predicted octanol–water partition coefficient (Wildman–Crippen LogP) is 3.54. The highest BCUT2D eigenvalue weighted by Gasteiger charge is 2.21. The summed E-state index contributed by atoms with van der Waals surface area (Å²) in [7, 11) is 0. The van der Waals surface area contributed by atoms with Crippen molar-refractivity contribution in [3.8, 4) is 5.75 Å². The third-order valence-electron chi connectivity index (χ3n) is 2.39. The SMILES string of the molecule is O=C(O)[C@@H](Oc1ccc(Cl)cc1)c1ccccc1. The van der Waals surface area contributed by atoms with Crippen LogP contribution in [0, 0.1) is 0 Å². The summed E-state index contributed by atoms with van der Waals surface area (Å²) in [6.07, 6.45) is -1.02. The lowest BCUT2D eigenvalue weighted by molar-refractivity contribution is -0.145. The molecule has 0 heterocycles. The molecule has 3 nitrogen and oxygen atoms in total. The Morgan fingerprint density at radius 1 is 1.06 bits per heavy atom. The van der Waals surface area contributed by atoms with Gasteiger partial charge in [-0.25, -0.2) is 4.79 Å². The molecule has 2 aromatic carbocycles. The van der Waals surface area contributed by atoms with Crippen molar-refractivity contribution in [2.75, 3.05) is 0 Å². The van der Waals surface area contributed by atoms with Gasteiger partial charge in [-0.2, -0.15) is 0 Å². The zero-order valence-corrected chi connectivity index (χ0v) is 10.2. The molecular weight excluding hydrogens is 252 g/mol. The van der Waals surface area contributed by atoms with E-state index < -0.39 is 12.1 Å². The molecule has 1 N–H and O–H groups in total. The first kappa shape index (κ1) is 12.5. The molecule has 18 heavy (non-hydrogen) atoms. The van der Waals surface area contributed by atoms with E-state index in [0.717, 1.165) is 0 Å². The van der Waals surface area contributed by atoms with Crippen LogP contribution in [0.1, 0.15) is 11.7 Å². The number of carbonyl (C=O) groups is 1. The lowest BCUT2D eigenvalue weighted by atomic mass is 10.1. The van der Waals surface area contributed by atoms with Gasteiger partial charge in [0.25, 0.3) is 0 Å². The van der Waals surface area contributed by atoms with Gasteiger partial charge in [0.15, 0.2) is 0 Å². The Morgan fingerprint density at radius 2 is 1.67 bits per heavy atom. The van der Waals surface area contributed by atoms with Crippen molar-refractivity contribution in [1.82, 2.24) is 0 Å². The highest BCUT2D eigenvalue weighted by molar-refractivity contribution is 6.30. The summed E-state index contributed by atoms with van der Waals surface area (Å²) in [5.74, 6) is -0.563. The maximum absolute atomic E-state index is 11.2. The van der Waals surface area contributed by atoms with Crippen LogP contribution >= 0.6 is 11.6 Å². The maximum Gasteiger partial charge on any atom is 0.349 e. The first-order valence-corrected chi connectivity index (χ1v) is 5.74. The highest BCUT2D eigenvalue weighted by atomic mass is 35.5. The van der Waals surface area contributed by atoms with Gasteiger partial charge in [0.05, 0.1) is 0 Å². The average molecular weight is 263 g/mol. The summed E-state index contributed by atoms with van der Waals surface area (Å²) in [5, 5.41) is 9.77. The molecule has 4 heteroatoms. The first-order valence-electron chi connectivity index (χ1n) is 5.37. The normalized spacial score (nSPS) is 11.8. The Balaban J connectivity index is 2.22. The fourth-order valence-corrected chi connectivity index (χ4v) is 1.66. The number of halogens is 1. The Bertz CT molecular complexity index is 522. The molecule has 0 saturated heterocycles. The van der Waals surface area contributed by atoms with Crippen molar-refractivity contribution in [1.29, 1.82) is 0 Å². The number of carboxylic acid groups (broad SMARTS) is 1. The quantitative estimate of drug-likeness (QED) is 0.917. The summed E-state index contributed by atoms with van der Waals surface area (Å²) in [5.41, 5.74) is 0.597. The number of hydrogen-bond donors (Lipinski definition) is 1. The summed E-state index contributed by atoms with van der Waals surface area (Å²) >= 11 is 5.76. The molecular formula is C14H11ClO3. The van der Waals surface area contributed by atoms with Crippen LogP contribution in [0.15, 0.2) is 54.6 Å². The van der Waals surface area contributed by atoms with Gasteiger partial charge in [-0.15, -0.1) is 0 Å². The third kappa shape index (κ3) is 3.02. The minimum Gasteiger partial charge on any atom is -0.478 e. The molecule has 0 unspecified atom stereocenters. The van der Waals surface area contributed by atoms with Gasteiger partial charge in [0.2, 0.25) is 6.10 Å². The van der Waals surface area contributed by atoms with Gasteiger partial charge < -0.3 is 9.84 Å². The second kappa shape index (κ2) is 5.56. The van der Waals surface area contributed by atoms with E-state index in [4.69, 9.17) is 16.3 Å². The molecule has 2 aromatic rings. The number of aliphatic carboxylic acids is 1. The number of ether oxygens (including phenoxy) is 1. The molecule has 0 aliphatic heterocycles. The Morgan fingerprint density at radius 3 is 2.22 bits per heavy atom. The average Bonchev–Trinajstić information content (AvgIpc) is 2.38. The molecule has 2 rings (SSSR count). The molecule has 0 bridgehead atoms. The van der Waals surface area contributed by atoms with E-state index in [-0.39, 0.29) is 0 Å². The maximum atomic E-state index is 11.2. The fraction of sp³-hybridized carbons (Fsp3) is 0.0714. The van der Waals surface area contributed by atoms with E-state index in [0.29, 0.717) is 16.3 Å². The van der Waals surface area contributed by atoms with Crippen molar-refractivity contribution in [2.24, 2.45) is 0 Å². The van der Waals surface area contributed by atoms with E-state index in [1.165, 1.54) is 0 Å². The predicted molar refractivity (Wildman–Crippen MR) is 68.9 cm³/mol. The van der Waals surface area contributed by atoms with Gasteiger partial charge in [-0.3, -0.25) is 0 Å². The lowest BCUT2D eigenvalue weighted by Crippen LogP contribution is -2.18. The summed E-state index contributed by atoms with van der Waals surface area (Å²) in [6, 6.07) is 15.4. The molecule has 0 amide bonds. The van der Waals surface area contributed by atoms with Gasteiger partial charge >= 0.3 is 5.97 Å².